The minimum atomic E-state index is -0.143. The Morgan fingerprint density at radius 2 is 0.795 bits per heavy atom. The Balaban J connectivity index is 0.997. The fourth-order valence-corrected chi connectivity index (χ4v) is 12.3. The van der Waals surface area contributed by atoms with E-state index in [4.69, 9.17) is 9.97 Å². The number of benzene rings is 10. The zero-order valence-electron chi connectivity index (χ0n) is 41.4. The van der Waals surface area contributed by atoms with Gasteiger partial charge in [0.1, 0.15) is 5.82 Å². The number of imidazole rings is 1. The van der Waals surface area contributed by atoms with Crippen molar-refractivity contribution in [3.63, 3.8) is 0 Å². The van der Waals surface area contributed by atoms with Crippen molar-refractivity contribution < 1.29 is 0 Å². The van der Waals surface area contributed by atoms with Crippen molar-refractivity contribution in [3.8, 4) is 95.4 Å². The van der Waals surface area contributed by atoms with E-state index in [1.165, 1.54) is 61.0 Å². The molecule has 2 aliphatic rings. The zero-order chi connectivity index (χ0) is 49.0. The highest BCUT2D eigenvalue weighted by Crippen LogP contribution is 2.52. The van der Waals surface area contributed by atoms with Crippen molar-refractivity contribution in [2.45, 2.75) is 38.5 Å². The molecule has 14 rings (SSSR count). The number of hydrogen-bond donors (Lipinski definition) is 0. The molecule has 73 heavy (non-hydrogen) atoms. The van der Waals surface area contributed by atoms with Crippen LogP contribution < -0.4 is 0 Å². The van der Waals surface area contributed by atoms with Gasteiger partial charge in [0.05, 0.1) is 22.6 Å². The lowest BCUT2D eigenvalue weighted by Crippen LogP contribution is -2.15. The molecule has 0 amide bonds. The molecular weight excluding hydrogens is 883 g/mol. The molecule has 0 spiro atoms. The molecule has 0 saturated carbocycles. The Bertz CT molecular complexity index is 4160. The predicted molar refractivity (Wildman–Crippen MR) is 304 cm³/mol. The van der Waals surface area contributed by atoms with Crippen molar-refractivity contribution in [1.29, 1.82) is 0 Å². The maximum absolute atomic E-state index is 5.70. The molecule has 0 aliphatic heterocycles. The fourth-order valence-electron chi connectivity index (χ4n) is 12.3. The molecule has 0 unspecified atom stereocenters. The summed E-state index contributed by atoms with van der Waals surface area (Å²) in [5, 5.41) is 3.44. The van der Waals surface area contributed by atoms with E-state index in [0.717, 1.165) is 78.3 Å². The molecular formula is C70H51N3. The molecule has 3 nitrogen and oxygen atoms in total. The van der Waals surface area contributed by atoms with Crippen molar-refractivity contribution in [1.82, 2.24) is 14.5 Å². The van der Waals surface area contributed by atoms with E-state index in [0.29, 0.717) is 0 Å². The summed E-state index contributed by atoms with van der Waals surface area (Å²) >= 11 is 0. The Labute approximate surface area is 426 Å². The van der Waals surface area contributed by atoms with E-state index in [2.05, 4.69) is 269 Å². The third-order valence-electron chi connectivity index (χ3n) is 16.0. The van der Waals surface area contributed by atoms with Crippen LogP contribution in [0.25, 0.3) is 117 Å². The summed E-state index contributed by atoms with van der Waals surface area (Å²) in [6.45, 7) is 9.44. The van der Waals surface area contributed by atoms with Gasteiger partial charge in [-0.15, -0.1) is 0 Å². The summed E-state index contributed by atoms with van der Waals surface area (Å²) < 4.78 is 2.34. The number of aromatic nitrogens is 3. The lowest BCUT2D eigenvalue weighted by molar-refractivity contribution is 0.660. The van der Waals surface area contributed by atoms with Gasteiger partial charge in [-0.3, -0.25) is 4.57 Å². The van der Waals surface area contributed by atoms with Crippen LogP contribution in [0.3, 0.4) is 0 Å². The normalized spacial score (nSPS) is 13.7. The van der Waals surface area contributed by atoms with Crippen LogP contribution in [-0.4, -0.2) is 14.5 Å². The van der Waals surface area contributed by atoms with Crippen molar-refractivity contribution in [3.05, 3.63) is 259 Å². The van der Waals surface area contributed by atoms with E-state index in [1.807, 2.05) is 0 Å². The van der Waals surface area contributed by atoms with Crippen LogP contribution in [0.1, 0.15) is 49.9 Å². The predicted octanol–water partition coefficient (Wildman–Crippen LogP) is 18.2. The average molecular weight is 934 g/mol. The molecule has 2 aliphatic carbocycles. The molecule has 10 aromatic carbocycles. The molecule has 3 heteroatoms. The highest BCUT2D eigenvalue weighted by molar-refractivity contribution is 6.16. The van der Waals surface area contributed by atoms with E-state index in [-0.39, 0.29) is 10.8 Å². The maximum Gasteiger partial charge on any atom is 0.145 e. The summed E-state index contributed by atoms with van der Waals surface area (Å²) in [6, 6.07) is 86.5. The third-order valence-corrected chi connectivity index (χ3v) is 16.0. The molecule has 0 N–H and O–H groups in total. The quantitative estimate of drug-likeness (QED) is 0.149. The van der Waals surface area contributed by atoms with Crippen molar-refractivity contribution >= 4 is 21.7 Å². The van der Waals surface area contributed by atoms with Gasteiger partial charge in [-0.05, 0) is 109 Å². The van der Waals surface area contributed by atoms with Gasteiger partial charge in [0.15, 0.2) is 0 Å². The van der Waals surface area contributed by atoms with Crippen molar-refractivity contribution in [2.24, 2.45) is 0 Å². The smallest absolute Gasteiger partial charge is 0.145 e. The van der Waals surface area contributed by atoms with Crippen molar-refractivity contribution in [2.75, 3.05) is 0 Å². The fraction of sp³-hybridized carbons (Fsp3) is 0.0857. The summed E-state index contributed by atoms with van der Waals surface area (Å²) in [5.41, 5.74) is 24.4. The van der Waals surface area contributed by atoms with Crippen LogP contribution in [0.5, 0.6) is 0 Å². The first-order valence-electron chi connectivity index (χ1n) is 25.5. The number of pyridine rings is 1. The molecule has 346 valence electrons. The molecule has 0 radical (unpaired) electrons. The maximum atomic E-state index is 5.70. The van der Waals surface area contributed by atoms with Gasteiger partial charge in [0, 0.05) is 49.5 Å². The number of rotatable bonds is 7. The molecule has 12 aromatic rings. The Kier molecular flexibility index (Phi) is 9.59. The van der Waals surface area contributed by atoms with Crippen LogP contribution in [0.2, 0.25) is 0 Å². The lowest BCUT2D eigenvalue weighted by Gasteiger charge is -2.22. The molecule has 0 fully saturated rings. The average Bonchev–Trinajstić information content (AvgIpc) is 4.04. The lowest BCUT2D eigenvalue weighted by atomic mass is 9.81. The van der Waals surface area contributed by atoms with Gasteiger partial charge in [-0.2, -0.15) is 0 Å². The second-order valence-electron chi connectivity index (χ2n) is 20.9. The standard InChI is InChI=1S/C70H51N3/c1-69(2)60-30-18-16-27-52(60)54-38-34-48(40-62(54)69)57-42-59-58(43-64(71-66(59)56-29-15-14-26-51(56)57)49-35-39-55-53-28-17-19-31-61(53)70(3,4)63(55)41-49)44-32-36-50(37-33-44)73-67(46-22-10-6-11-23-46)65(45-20-8-5-9-21-45)72-68(73)47-24-12-7-13-25-47/h5-43H,1-4H3. The Hall–Kier alpha value is -8.92. The molecule has 2 aromatic heterocycles. The van der Waals surface area contributed by atoms with Gasteiger partial charge in [0.25, 0.3) is 0 Å². The zero-order valence-corrected chi connectivity index (χ0v) is 41.4. The summed E-state index contributed by atoms with van der Waals surface area (Å²) in [4.78, 5) is 11.2. The Morgan fingerprint density at radius 1 is 0.315 bits per heavy atom. The Morgan fingerprint density at radius 3 is 1.42 bits per heavy atom. The largest absolute Gasteiger partial charge is 0.292 e. The summed E-state index contributed by atoms with van der Waals surface area (Å²) in [5.74, 6) is 0.890. The third kappa shape index (κ3) is 6.65. The molecule has 0 saturated heterocycles. The van der Waals surface area contributed by atoms with Gasteiger partial charge < -0.3 is 0 Å². The first-order chi connectivity index (χ1) is 35.7. The minimum absolute atomic E-state index is 0.123. The van der Waals surface area contributed by atoms with E-state index in [1.54, 1.807) is 0 Å². The van der Waals surface area contributed by atoms with Crippen LogP contribution in [0, 0.1) is 0 Å². The second-order valence-corrected chi connectivity index (χ2v) is 20.9. The highest BCUT2D eigenvalue weighted by Gasteiger charge is 2.37. The molecule has 0 atom stereocenters. The van der Waals surface area contributed by atoms with Gasteiger partial charge in [-0.1, -0.05) is 228 Å². The van der Waals surface area contributed by atoms with E-state index < -0.39 is 0 Å². The second kappa shape index (κ2) is 16.3. The highest BCUT2D eigenvalue weighted by atomic mass is 15.1. The van der Waals surface area contributed by atoms with E-state index in [9.17, 15) is 0 Å². The van der Waals surface area contributed by atoms with Crippen LogP contribution in [0.15, 0.2) is 237 Å². The topological polar surface area (TPSA) is 30.7 Å². The minimum Gasteiger partial charge on any atom is -0.292 e. The number of hydrogen-bond acceptors (Lipinski definition) is 2. The molecule has 0 bridgehead atoms. The van der Waals surface area contributed by atoms with Crippen LogP contribution in [-0.2, 0) is 10.8 Å². The van der Waals surface area contributed by atoms with E-state index >= 15 is 0 Å². The SMILES string of the molecule is CC1(C)c2ccccc2-c2ccc(-c3cc(-c4ccc(-n5c(-c6ccccc6)nc(-c6ccccc6)c5-c5ccccc5)cc4)c4cc(-c5ccc6c(c5)C(C)(C)c5ccccc5-6)c5ccccc5c4n3)cc21. The summed E-state index contributed by atoms with van der Waals surface area (Å²) in [6.07, 6.45) is 0. The first kappa shape index (κ1) is 42.9. The van der Waals surface area contributed by atoms with Gasteiger partial charge >= 0.3 is 0 Å². The van der Waals surface area contributed by atoms with Gasteiger partial charge in [-0.25, -0.2) is 9.97 Å². The number of fused-ring (bicyclic) bond motifs is 9. The monoisotopic (exact) mass is 933 g/mol. The van der Waals surface area contributed by atoms with Crippen LogP contribution in [0.4, 0.5) is 0 Å². The summed E-state index contributed by atoms with van der Waals surface area (Å²) in [7, 11) is 0. The van der Waals surface area contributed by atoms with Crippen LogP contribution >= 0.6 is 0 Å². The number of nitrogens with zero attached hydrogens (tertiary/aromatic N) is 3. The first-order valence-corrected chi connectivity index (χ1v) is 25.5. The van der Waals surface area contributed by atoms with Gasteiger partial charge in [0.2, 0.25) is 0 Å². The molecule has 2 heterocycles.